The summed E-state index contributed by atoms with van der Waals surface area (Å²) in [5, 5.41) is 3.17. The first-order chi connectivity index (χ1) is 9.54. The molecule has 114 valence electrons. The fourth-order valence-electron chi connectivity index (χ4n) is 2.20. The van der Waals surface area contributed by atoms with Crippen molar-refractivity contribution < 1.29 is 9.47 Å². The molecule has 1 N–H and O–H groups in total. The molecule has 0 amide bonds. The number of aryl methyl sites for hydroxylation is 2. The number of nitrogens with one attached hydrogen (secondary N) is 1. The molecule has 3 nitrogen and oxygen atoms in total. The molecule has 1 aromatic carbocycles. The summed E-state index contributed by atoms with van der Waals surface area (Å²) in [7, 11) is 1.96. The van der Waals surface area contributed by atoms with Gasteiger partial charge in [0, 0.05) is 13.2 Å². The van der Waals surface area contributed by atoms with Gasteiger partial charge in [0.25, 0.3) is 0 Å². The van der Waals surface area contributed by atoms with E-state index in [0.29, 0.717) is 19.1 Å². The second kappa shape index (κ2) is 8.98. The summed E-state index contributed by atoms with van der Waals surface area (Å²) in [6.07, 6.45) is 1.11. The zero-order valence-corrected chi connectivity index (χ0v) is 13.6. The molecular weight excluding hydrogens is 250 g/mol. The van der Waals surface area contributed by atoms with Crippen LogP contribution in [-0.2, 0) is 11.3 Å². The molecular formula is C17H29NO2. The molecule has 0 aliphatic carbocycles. The van der Waals surface area contributed by atoms with Crippen LogP contribution in [0.15, 0.2) is 12.1 Å². The van der Waals surface area contributed by atoms with E-state index >= 15 is 0 Å². The topological polar surface area (TPSA) is 30.5 Å². The molecule has 0 unspecified atom stereocenters. The lowest BCUT2D eigenvalue weighted by Gasteiger charge is -2.14. The lowest BCUT2D eigenvalue weighted by atomic mass is 10.1. The first kappa shape index (κ1) is 17.0. The van der Waals surface area contributed by atoms with Crippen LogP contribution in [0.3, 0.4) is 0 Å². The molecule has 1 aromatic rings. The van der Waals surface area contributed by atoms with Crippen molar-refractivity contribution in [3.8, 4) is 5.75 Å². The van der Waals surface area contributed by atoms with E-state index in [1.54, 1.807) is 0 Å². The molecule has 0 aliphatic rings. The highest BCUT2D eigenvalue weighted by Gasteiger charge is 2.06. The van der Waals surface area contributed by atoms with Crippen LogP contribution in [0.2, 0.25) is 0 Å². The van der Waals surface area contributed by atoms with E-state index in [1.165, 1.54) is 16.7 Å². The third-order valence-corrected chi connectivity index (χ3v) is 3.21. The summed E-state index contributed by atoms with van der Waals surface area (Å²) in [5.41, 5.74) is 3.68. The summed E-state index contributed by atoms with van der Waals surface area (Å²) in [4.78, 5) is 0. The average Bonchev–Trinajstić information content (AvgIpc) is 2.36. The summed E-state index contributed by atoms with van der Waals surface area (Å²) in [6, 6.07) is 4.36. The minimum Gasteiger partial charge on any atom is -0.491 e. The molecule has 0 fully saturated rings. The van der Waals surface area contributed by atoms with E-state index in [4.69, 9.17) is 9.47 Å². The molecule has 0 bridgehead atoms. The molecule has 0 radical (unpaired) electrons. The predicted octanol–water partition coefficient (Wildman–Crippen LogP) is 3.46. The molecule has 1 rings (SSSR count). The molecule has 0 heterocycles. The zero-order valence-electron chi connectivity index (χ0n) is 13.6. The third kappa shape index (κ3) is 5.93. The van der Waals surface area contributed by atoms with Crippen molar-refractivity contribution >= 4 is 0 Å². The molecule has 20 heavy (non-hydrogen) atoms. The van der Waals surface area contributed by atoms with Crippen LogP contribution in [0.5, 0.6) is 5.75 Å². The minimum absolute atomic E-state index is 0.616. The molecule has 0 atom stereocenters. The van der Waals surface area contributed by atoms with Crippen molar-refractivity contribution in [3.63, 3.8) is 0 Å². The zero-order chi connectivity index (χ0) is 15.0. The second-order valence-electron chi connectivity index (χ2n) is 5.73. The predicted molar refractivity (Wildman–Crippen MR) is 84.4 cm³/mol. The van der Waals surface area contributed by atoms with Crippen LogP contribution in [0.4, 0.5) is 0 Å². The summed E-state index contributed by atoms with van der Waals surface area (Å²) < 4.78 is 11.4. The SMILES string of the molecule is CNCc1cc(C)c(OCCOCCC(C)C)c(C)c1. The average molecular weight is 279 g/mol. The van der Waals surface area contributed by atoms with Crippen molar-refractivity contribution in [2.24, 2.45) is 5.92 Å². The quantitative estimate of drug-likeness (QED) is 0.702. The third-order valence-electron chi connectivity index (χ3n) is 3.21. The van der Waals surface area contributed by atoms with Gasteiger partial charge in [-0.25, -0.2) is 0 Å². The number of benzene rings is 1. The van der Waals surface area contributed by atoms with Crippen LogP contribution in [0.25, 0.3) is 0 Å². The molecule has 0 saturated carbocycles. The Labute approximate surface area is 123 Å². The van der Waals surface area contributed by atoms with Crippen LogP contribution < -0.4 is 10.1 Å². The second-order valence-corrected chi connectivity index (χ2v) is 5.73. The Kier molecular flexibility index (Phi) is 7.63. The maximum atomic E-state index is 5.86. The Morgan fingerprint density at radius 2 is 1.70 bits per heavy atom. The highest BCUT2D eigenvalue weighted by atomic mass is 16.5. The van der Waals surface area contributed by atoms with Gasteiger partial charge >= 0.3 is 0 Å². The molecule has 0 aliphatic heterocycles. The lowest BCUT2D eigenvalue weighted by molar-refractivity contribution is 0.0921. The lowest BCUT2D eigenvalue weighted by Crippen LogP contribution is -2.11. The van der Waals surface area contributed by atoms with Gasteiger partial charge in [-0.3, -0.25) is 0 Å². The number of hydrogen-bond donors (Lipinski definition) is 1. The van der Waals surface area contributed by atoms with Crippen LogP contribution in [0, 0.1) is 19.8 Å². The fourth-order valence-corrected chi connectivity index (χ4v) is 2.20. The van der Waals surface area contributed by atoms with E-state index in [1.807, 2.05) is 7.05 Å². The summed E-state index contributed by atoms with van der Waals surface area (Å²) in [5.74, 6) is 1.69. The molecule has 0 aromatic heterocycles. The van der Waals surface area contributed by atoms with E-state index in [2.05, 4.69) is 45.1 Å². The molecule has 0 spiro atoms. The maximum Gasteiger partial charge on any atom is 0.125 e. The standard InChI is InChI=1S/C17H29NO2/c1-13(2)6-7-19-8-9-20-17-14(3)10-16(12-18-5)11-15(17)4/h10-11,13,18H,6-9,12H2,1-5H3. The monoisotopic (exact) mass is 279 g/mol. The van der Waals surface area contributed by atoms with Crippen molar-refractivity contribution in [2.75, 3.05) is 26.9 Å². The summed E-state index contributed by atoms with van der Waals surface area (Å²) >= 11 is 0. The Hall–Kier alpha value is -1.06. The number of hydrogen-bond acceptors (Lipinski definition) is 3. The number of ether oxygens (including phenoxy) is 2. The van der Waals surface area contributed by atoms with Gasteiger partial charge in [0.05, 0.1) is 6.61 Å². The smallest absolute Gasteiger partial charge is 0.125 e. The van der Waals surface area contributed by atoms with Crippen LogP contribution in [0.1, 0.15) is 37.0 Å². The van der Waals surface area contributed by atoms with Crippen molar-refractivity contribution in [3.05, 3.63) is 28.8 Å². The highest BCUT2D eigenvalue weighted by Crippen LogP contribution is 2.24. The highest BCUT2D eigenvalue weighted by molar-refractivity contribution is 5.43. The normalized spacial score (nSPS) is 11.1. The van der Waals surface area contributed by atoms with Gasteiger partial charge in [-0.2, -0.15) is 0 Å². The van der Waals surface area contributed by atoms with E-state index in [0.717, 1.165) is 25.3 Å². The Morgan fingerprint density at radius 3 is 2.25 bits per heavy atom. The van der Waals surface area contributed by atoms with Gasteiger partial charge in [0.15, 0.2) is 0 Å². The molecule has 0 saturated heterocycles. The first-order valence-corrected chi connectivity index (χ1v) is 7.49. The largest absolute Gasteiger partial charge is 0.491 e. The van der Waals surface area contributed by atoms with E-state index in [-0.39, 0.29) is 0 Å². The van der Waals surface area contributed by atoms with Crippen molar-refractivity contribution in [1.82, 2.24) is 5.32 Å². The Balaban J connectivity index is 2.40. The maximum absolute atomic E-state index is 5.86. The first-order valence-electron chi connectivity index (χ1n) is 7.49. The molecule has 3 heteroatoms. The van der Waals surface area contributed by atoms with Gasteiger partial charge in [0.1, 0.15) is 12.4 Å². The van der Waals surface area contributed by atoms with Crippen LogP contribution in [-0.4, -0.2) is 26.9 Å². The summed E-state index contributed by atoms with van der Waals surface area (Å²) in [6.45, 7) is 11.6. The Morgan fingerprint density at radius 1 is 1.05 bits per heavy atom. The van der Waals surface area contributed by atoms with Gasteiger partial charge in [0.2, 0.25) is 0 Å². The fraction of sp³-hybridized carbons (Fsp3) is 0.647. The van der Waals surface area contributed by atoms with Crippen molar-refractivity contribution in [1.29, 1.82) is 0 Å². The minimum atomic E-state index is 0.616. The van der Waals surface area contributed by atoms with Crippen molar-refractivity contribution in [2.45, 2.75) is 40.7 Å². The van der Waals surface area contributed by atoms with Gasteiger partial charge in [-0.15, -0.1) is 0 Å². The van der Waals surface area contributed by atoms with Gasteiger partial charge in [-0.1, -0.05) is 26.0 Å². The van der Waals surface area contributed by atoms with Gasteiger partial charge in [-0.05, 0) is 49.9 Å². The van der Waals surface area contributed by atoms with E-state index < -0.39 is 0 Å². The van der Waals surface area contributed by atoms with Crippen LogP contribution >= 0.6 is 0 Å². The van der Waals surface area contributed by atoms with Gasteiger partial charge < -0.3 is 14.8 Å². The Bertz CT molecular complexity index is 379. The van der Waals surface area contributed by atoms with E-state index in [9.17, 15) is 0 Å². The number of rotatable bonds is 9.